The highest BCUT2D eigenvalue weighted by Crippen LogP contribution is 2.26. The second-order valence-electron chi connectivity index (χ2n) is 4.45. The van der Waals surface area contributed by atoms with Crippen LogP contribution >= 0.6 is 11.6 Å². The minimum Gasteiger partial charge on any atom is -0.340 e. The quantitative estimate of drug-likeness (QED) is 0.766. The lowest BCUT2D eigenvalue weighted by molar-refractivity contribution is 0.246. The van der Waals surface area contributed by atoms with E-state index in [-0.39, 0.29) is 9.92 Å². The van der Waals surface area contributed by atoms with Gasteiger partial charge < -0.3 is 10.6 Å². The van der Waals surface area contributed by atoms with Crippen molar-refractivity contribution in [3.05, 3.63) is 47.6 Å². The van der Waals surface area contributed by atoms with Crippen LogP contribution in [0, 0.1) is 0 Å². The first-order chi connectivity index (χ1) is 10.9. The van der Waals surface area contributed by atoms with Gasteiger partial charge in [0.05, 0.1) is 5.02 Å². The number of amides is 2. The number of nitrogens with one attached hydrogen (secondary N) is 3. The third-order valence-electron chi connectivity index (χ3n) is 2.72. The lowest BCUT2D eigenvalue weighted by atomic mass is 10.3. The SMILES string of the molecule is CCNC(=O)NS(=O)(=O)c1cc(Nc2ccccn2)ccc1Cl. The van der Waals surface area contributed by atoms with Crippen molar-refractivity contribution in [1.82, 2.24) is 15.0 Å². The lowest BCUT2D eigenvalue weighted by Gasteiger charge is -2.11. The molecular formula is C14H15ClN4O3S. The van der Waals surface area contributed by atoms with Gasteiger partial charge in [0.2, 0.25) is 0 Å². The van der Waals surface area contributed by atoms with E-state index >= 15 is 0 Å². The normalized spacial score (nSPS) is 10.9. The summed E-state index contributed by atoms with van der Waals surface area (Å²) in [6.45, 7) is 1.98. The minimum absolute atomic E-state index is 0.00775. The molecule has 0 bridgehead atoms. The molecule has 122 valence electrons. The molecule has 2 rings (SSSR count). The van der Waals surface area contributed by atoms with Crippen molar-refractivity contribution in [3.63, 3.8) is 0 Å². The van der Waals surface area contributed by atoms with E-state index in [1.54, 1.807) is 37.4 Å². The molecule has 0 unspecified atom stereocenters. The van der Waals surface area contributed by atoms with E-state index in [9.17, 15) is 13.2 Å². The smallest absolute Gasteiger partial charge is 0.328 e. The number of aromatic nitrogens is 1. The van der Waals surface area contributed by atoms with E-state index < -0.39 is 16.1 Å². The maximum absolute atomic E-state index is 12.2. The summed E-state index contributed by atoms with van der Waals surface area (Å²) in [7, 11) is -4.08. The zero-order valence-electron chi connectivity index (χ0n) is 12.2. The molecule has 1 aromatic carbocycles. The molecule has 0 aliphatic heterocycles. The second-order valence-corrected chi connectivity index (χ2v) is 6.51. The van der Waals surface area contributed by atoms with Crippen molar-refractivity contribution in [1.29, 1.82) is 0 Å². The Hall–Kier alpha value is -2.32. The highest BCUT2D eigenvalue weighted by atomic mass is 35.5. The number of anilines is 2. The molecule has 0 aliphatic rings. The zero-order chi connectivity index (χ0) is 16.9. The Morgan fingerprint density at radius 1 is 1.26 bits per heavy atom. The summed E-state index contributed by atoms with van der Waals surface area (Å²) in [6.07, 6.45) is 1.60. The van der Waals surface area contributed by atoms with Crippen molar-refractivity contribution < 1.29 is 13.2 Å². The predicted molar refractivity (Wildman–Crippen MR) is 88.4 cm³/mol. The van der Waals surface area contributed by atoms with E-state index in [1.807, 2.05) is 4.72 Å². The van der Waals surface area contributed by atoms with Gasteiger partial charge in [-0.05, 0) is 37.3 Å². The summed E-state index contributed by atoms with van der Waals surface area (Å²) in [5, 5.41) is 5.31. The van der Waals surface area contributed by atoms with Gasteiger partial charge in [-0.15, -0.1) is 0 Å². The Balaban J connectivity index is 2.28. The lowest BCUT2D eigenvalue weighted by Crippen LogP contribution is -2.39. The molecule has 3 N–H and O–H groups in total. The van der Waals surface area contributed by atoms with Gasteiger partial charge in [0.1, 0.15) is 10.7 Å². The summed E-state index contributed by atoms with van der Waals surface area (Å²) >= 11 is 5.95. The number of rotatable bonds is 5. The van der Waals surface area contributed by atoms with Gasteiger partial charge in [-0.3, -0.25) is 0 Å². The average molecular weight is 355 g/mol. The average Bonchev–Trinajstić information content (AvgIpc) is 2.50. The molecule has 7 nitrogen and oxygen atoms in total. The fraction of sp³-hybridized carbons (Fsp3) is 0.143. The van der Waals surface area contributed by atoms with Gasteiger partial charge in [-0.2, -0.15) is 0 Å². The molecule has 0 aliphatic carbocycles. The van der Waals surface area contributed by atoms with Gasteiger partial charge in [0.15, 0.2) is 0 Å². The Morgan fingerprint density at radius 2 is 2.04 bits per heavy atom. The Bertz CT molecular complexity index is 797. The van der Waals surface area contributed by atoms with Crippen molar-refractivity contribution in [2.24, 2.45) is 0 Å². The molecule has 9 heteroatoms. The second kappa shape index (κ2) is 7.30. The molecule has 2 aromatic rings. The maximum atomic E-state index is 12.2. The van der Waals surface area contributed by atoms with Crippen LogP contribution in [0.1, 0.15) is 6.92 Å². The molecule has 0 atom stereocenters. The van der Waals surface area contributed by atoms with E-state index in [2.05, 4.69) is 15.6 Å². The zero-order valence-corrected chi connectivity index (χ0v) is 13.8. The molecule has 2 amide bonds. The van der Waals surface area contributed by atoms with Crippen LogP contribution in [0.2, 0.25) is 5.02 Å². The van der Waals surface area contributed by atoms with E-state index in [1.165, 1.54) is 12.1 Å². The monoisotopic (exact) mass is 354 g/mol. The fourth-order valence-corrected chi connectivity index (χ4v) is 3.20. The first-order valence-electron chi connectivity index (χ1n) is 6.70. The van der Waals surface area contributed by atoms with Crippen LogP contribution in [0.3, 0.4) is 0 Å². The molecule has 0 spiro atoms. The maximum Gasteiger partial charge on any atom is 0.328 e. The molecule has 1 heterocycles. The number of pyridine rings is 1. The first kappa shape index (κ1) is 17.0. The van der Waals surface area contributed by atoms with Gasteiger partial charge in [0.25, 0.3) is 10.0 Å². The largest absolute Gasteiger partial charge is 0.340 e. The number of halogens is 1. The van der Waals surface area contributed by atoms with Crippen molar-refractivity contribution in [2.45, 2.75) is 11.8 Å². The van der Waals surface area contributed by atoms with Crippen LogP contribution in [-0.2, 0) is 10.0 Å². The standard InChI is InChI=1S/C14H15ClN4O3S/c1-2-16-14(20)19-23(21,22)12-9-10(6-7-11(12)15)18-13-5-3-4-8-17-13/h3-9H,2H2,1H3,(H,17,18)(H2,16,19,20). The van der Waals surface area contributed by atoms with Crippen LogP contribution in [0.5, 0.6) is 0 Å². The molecule has 1 aromatic heterocycles. The molecule has 0 radical (unpaired) electrons. The van der Waals surface area contributed by atoms with Crippen LogP contribution in [0.15, 0.2) is 47.5 Å². The van der Waals surface area contributed by atoms with Crippen molar-refractivity contribution in [2.75, 3.05) is 11.9 Å². The number of benzene rings is 1. The summed E-state index contributed by atoms with van der Waals surface area (Å²) in [5.41, 5.74) is 0.476. The summed E-state index contributed by atoms with van der Waals surface area (Å²) in [4.78, 5) is 15.3. The highest BCUT2D eigenvalue weighted by molar-refractivity contribution is 7.90. The third-order valence-corrected chi connectivity index (χ3v) is 4.53. The van der Waals surface area contributed by atoms with E-state index in [0.29, 0.717) is 18.1 Å². The first-order valence-corrected chi connectivity index (χ1v) is 8.56. The van der Waals surface area contributed by atoms with Crippen LogP contribution < -0.4 is 15.4 Å². The number of hydrogen-bond donors (Lipinski definition) is 3. The number of urea groups is 1. The molecular weight excluding hydrogens is 340 g/mol. The number of nitrogens with zero attached hydrogens (tertiary/aromatic N) is 1. The fourth-order valence-electron chi connectivity index (χ4n) is 1.75. The van der Waals surface area contributed by atoms with Gasteiger partial charge in [-0.1, -0.05) is 17.7 Å². The van der Waals surface area contributed by atoms with Gasteiger partial charge in [-0.25, -0.2) is 22.9 Å². The number of carbonyl (C=O) groups is 1. The molecule has 23 heavy (non-hydrogen) atoms. The summed E-state index contributed by atoms with van der Waals surface area (Å²) in [6, 6.07) is 8.85. The molecule has 0 saturated heterocycles. The number of carbonyl (C=O) groups excluding carboxylic acids is 1. The van der Waals surface area contributed by atoms with E-state index in [4.69, 9.17) is 11.6 Å². The Labute approximate surface area is 139 Å². The van der Waals surface area contributed by atoms with Crippen molar-refractivity contribution >= 4 is 39.2 Å². The van der Waals surface area contributed by atoms with Gasteiger partial charge in [0, 0.05) is 18.4 Å². The summed E-state index contributed by atoms with van der Waals surface area (Å²) in [5.74, 6) is 0.551. The van der Waals surface area contributed by atoms with Crippen LogP contribution in [-0.4, -0.2) is 26.0 Å². The van der Waals surface area contributed by atoms with Crippen LogP contribution in [0.4, 0.5) is 16.3 Å². The Morgan fingerprint density at radius 3 is 2.70 bits per heavy atom. The molecule has 0 saturated carbocycles. The van der Waals surface area contributed by atoms with Gasteiger partial charge >= 0.3 is 6.03 Å². The number of sulfonamides is 1. The van der Waals surface area contributed by atoms with E-state index in [0.717, 1.165) is 0 Å². The predicted octanol–water partition coefficient (Wildman–Crippen LogP) is 2.49. The Kier molecular flexibility index (Phi) is 5.41. The third kappa shape index (κ3) is 4.57. The highest BCUT2D eigenvalue weighted by Gasteiger charge is 2.21. The number of hydrogen-bond acceptors (Lipinski definition) is 5. The van der Waals surface area contributed by atoms with Crippen molar-refractivity contribution in [3.8, 4) is 0 Å². The topological polar surface area (TPSA) is 100 Å². The molecule has 0 fully saturated rings. The van der Waals surface area contributed by atoms with Crippen LogP contribution in [0.25, 0.3) is 0 Å². The minimum atomic E-state index is -4.08. The summed E-state index contributed by atoms with van der Waals surface area (Å²) < 4.78 is 26.4.